The van der Waals surface area contributed by atoms with E-state index in [9.17, 15) is 4.79 Å². The van der Waals surface area contributed by atoms with Gasteiger partial charge in [0.1, 0.15) is 0 Å². The molecule has 0 fully saturated rings. The predicted molar refractivity (Wildman–Crippen MR) is 70.4 cm³/mol. The quantitative estimate of drug-likeness (QED) is 0.845. The van der Waals surface area contributed by atoms with Crippen molar-refractivity contribution >= 4 is 5.82 Å². The van der Waals surface area contributed by atoms with Gasteiger partial charge in [-0.25, -0.2) is 4.98 Å². The van der Waals surface area contributed by atoms with E-state index in [4.69, 9.17) is 5.73 Å². The Morgan fingerprint density at radius 2 is 2.12 bits per heavy atom. The summed E-state index contributed by atoms with van der Waals surface area (Å²) in [6.07, 6.45) is 3.37. The highest BCUT2D eigenvalue weighted by Crippen LogP contribution is 2.11. The zero-order valence-corrected chi connectivity index (χ0v) is 11.3. The Hall–Kier alpha value is -1.36. The molecule has 1 aromatic heterocycles. The smallest absolute Gasteiger partial charge is 0.293 e. The first-order chi connectivity index (χ1) is 7.73. The molecular formula is C12H22N4O. The molecule has 1 aromatic rings. The third kappa shape index (κ3) is 3.30. The van der Waals surface area contributed by atoms with E-state index in [0.29, 0.717) is 12.4 Å². The second-order valence-corrected chi connectivity index (χ2v) is 5.45. The Morgan fingerprint density at radius 3 is 2.59 bits per heavy atom. The molecule has 0 amide bonds. The minimum absolute atomic E-state index is 0.00416. The van der Waals surface area contributed by atoms with Gasteiger partial charge in [0.25, 0.3) is 5.56 Å². The average molecular weight is 238 g/mol. The largest absolute Gasteiger partial charge is 0.354 e. The lowest BCUT2D eigenvalue weighted by atomic mass is 10.1. The molecule has 17 heavy (non-hydrogen) atoms. The summed E-state index contributed by atoms with van der Waals surface area (Å²) < 4.78 is 1.69. The van der Waals surface area contributed by atoms with Crippen molar-refractivity contribution in [3.63, 3.8) is 0 Å². The monoisotopic (exact) mass is 238 g/mol. The van der Waals surface area contributed by atoms with Crippen LogP contribution in [0.15, 0.2) is 17.2 Å². The number of nitrogens with zero attached hydrogens (tertiary/aromatic N) is 3. The molecule has 0 aliphatic heterocycles. The summed E-state index contributed by atoms with van der Waals surface area (Å²) in [5.74, 6) is 0.444. The molecule has 96 valence electrons. The van der Waals surface area contributed by atoms with E-state index in [1.54, 1.807) is 21.9 Å². The van der Waals surface area contributed by atoms with E-state index in [0.717, 1.165) is 0 Å². The van der Waals surface area contributed by atoms with Gasteiger partial charge in [0, 0.05) is 37.6 Å². The summed E-state index contributed by atoms with van der Waals surface area (Å²) in [6.45, 7) is 8.48. The first kappa shape index (κ1) is 13.7. The van der Waals surface area contributed by atoms with Crippen molar-refractivity contribution in [1.29, 1.82) is 0 Å². The summed E-state index contributed by atoms with van der Waals surface area (Å²) in [4.78, 5) is 18.2. The minimum atomic E-state index is -0.246. The van der Waals surface area contributed by atoms with Crippen LogP contribution >= 0.6 is 0 Å². The summed E-state index contributed by atoms with van der Waals surface area (Å²) in [7, 11) is 1.83. The van der Waals surface area contributed by atoms with Crippen molar-refractivity contribution in [1.82, 2.24) is 9.55 Å². The standard InChI is InChI=1S/C12H22N4O/c1-9(13)8-15(5)10-11(17)16(7-6-14-10)12(2,3)4/h6-7,9H,8,13H2,1-5H3. The lowest BCUT2D eigenvalue weighted by molar-refractivity contribution is 0.382. The Balaban J connectivity index is 3.16. The average Bonchev–Trinajstić information content (AvgIpc) is 2.14. The van der Waals surface area contributed by atoms with Gasteiger partial charge in [0.2, 0.25) is 0 Å². The molecule has 1 atom stereocenters. The van der Waals surface area contributed by atoms with Crippen molar-refractivity contribution in [2.24, 2.45) is 5.73 Å². The zero-order chi connectivity index (χ0) is 13.2. The molecule has 0 saturated heterocycles. The van der Waals surface area contributed by atoms with Crippen LogP contribution in [0, 0.1) is 0 Å². The van der Waals surface area contributed by atoms with Gasteiger partial charge in [0.15, 0.2) is 5.82 Å². The highest BCUT2D eigenvalue weighted by molar-refractivity contribution is 5.34. The molecule has 0 radical (unpaired) electrons. The lowest BCUT2D eigenvalue weighted by Crippen LogP contribution is -2.40. The maximum absolute atomic E-state index is 12.3. The van der Waals surface area contributed by atoms with Gasteiger partial charge >= 0.3 is 0 Å². The van der Waals surface area contributed by atoms with Crippen LogP contribution in [0.1, 0.15) is 27.7 Å². The minimum Gasteiger partial charge on any atom is -0.354 e. The Morgan fingerprint density at radius 1 is 1.53 bits per heavy atom. The normalized spacial score (nSPS) is 13.5. The maximum Gasteiger partial charge on any atom is 0.293 e. The first-order valence-electron chi connectivity index (χ1n) is 5.78. The number of hydrogen-bond donors (Lipinski definition) is 1. The van der Waals surface area contributed by atoms with Gasteiger partial charge in [0.05, 0.1) is 0 Å². The predicted octanol–water partition coefficient (Wildman–Crippen LogP) is 0.782. The molecule has 0 aliphatic carbocycles. The molecular weight excluding hydrogens is 216 g/mol. The molecule has 0 bridgehead atoms. The number of nitrogens with two attached hydrogens (primary N) is 1. The van der Waals surface area contributed by atoms with Gasteiger partial charge < -0.3 is 15.2 Å². The van der Waals surface area contributed by atoms with Crippen LogP contribution in [0.2, 0.25) is 0 Å². The molecule has 1 heterocycles. The fourth-order valence-electron chi connectivity index (χ4n) is 1.71. The van der Waals surface area contributed by atoms with Crippen molar-refractivity contribution in [2.45, 2.75) is 39.3 Å². The van der Waals surface area contributed by atoms with Gasteiger partial charge in [-0.05, 0) is 27.7 Å². The van der Waals surface area contributed by atoms with Gasteiger partial charge in [-0.1, -0.05) is 0 Å². The van der Waals surface area contributed by atoms with E-state index in [-0.39, 0.29) is 17.1 Å². The Labute approximate surface area is 102 Å². The number of anilines is 1. The van der Waals surface area contributed by atoms with E-state index in [1.165, 1.54) is 0 Å². The molecule has 5 heteroatoms. The fourth-order valence-corrected chi connectivity index (χ4v) is 1.71. The number of rotatable bonds is 3. The lowest BCUT2D eigenvalue weighted by Gasteiger charge is -2.25. The van der Waals surface area contributed by atoms with Crippen LogP contribution in [0.25, 0.3) is 0 Å². The highest BCUT2D eigenvalue weighted by Gasteiger charge is 2.18. The Kier molecular flexibility index (Phi) is 3.93. The van der Waals surface area contributed by atoms with E-state index in [1.807, 2.05) is 34.7 Å². The number of hydrogen-bond acceptors (Lipinski definition) is 4. The van der Waals surface area contributed by atoms with Crippen molar-refractivity contribution < 1.29 is 0 Å². The first-order valence-corrected chi connectivity index (χ1v) is 5.78. The summed E-state index contributed by atoms with van der Waals surface area (Å²) in [6, 6.07) is 0.00416. The van der Waals surface area contributed by atoms with Gasteiger partial charge in [-0.2, -0.15) is 0 Å². The van der Waals surface area contributed by atoms with E-state index in [2.05, 4.69) is 4.98 Å². The molecule has 1 unspecified atom stereocenters. The van der Waals surface area contributed by atoms with Crippen molar-refractivity contribution in [3.05, 3.63) is 22.7 Å². The van der Waals surface area contributed by atoms with Gasteiger partial charge in [-0.15, -0.1) is 0 Å². The summed E-state index contributed by atoms with van der Waals surface area (Å²) in [5, 5.41) is 0. The van der Waals surface area contributed by atoms with Crippen molar-refractivity contribution in [2.75, 3.05) is 18.5 Å². The maximum atomic E-state index is 12.3. The fraction of sp³-hybridized carbons (Fsp3) is 0.667. The van der Waals surface area contributed by atoms with Crippen LogP contribution in [-0.4, -0.2) is 29.2 Å². The SMILES string of the molecule is CC(N)CN(C)c1nccn(C(C)(C)C)c1=O. The molecule has 0 saturated carbocycles. The Bertz CT molecular complexity index is 431. The molecule has 1 rings (SSSR count). The summed E-state index contributed by atoms with van der Waals surface area (Å²) in [5.41, 5.74) is 5.40. The number of likely N-dealkylation sites (N-methyl/N-ethyl adjacent to an activating group) is 1. The molecule has 0 spiro atoms. The molecule has 0 aliphatic rings. The third-order valence-electron chi connectivity index (χ3n) is 2.47. The van der Waals surface area contributed by atoms with Crippen LogP contribution < -0.4 is 16.2 Å². The second kappa shape index (κ2) is 4.87. The molecule has 5 nitrogen and oxygen atoms in total. The second-order valence-electron chi connectivity index (χ2n) is 5.45. The van der Waals surface area contributed by atoms with Crippen molar-refractivity contribution in [3.8, 4) is 0 Å². The molecule has 0 aromatic carbocycles. The third-order valence-corrected chi connectivity index (χ3v) is 2.47. The van der Waals surface area contributed by atoms with Gasteiger partial charge in [-0.3, -0.25) is 4.79 Å². The zero-order valence-electron chi connectivity index (χ0n) is 11.3. The van der Waals surface area contributed by atoms with E-state index >= 15 is 0 Å². The van der Waals surface area contributed by atoms with Crippen LogP contribution in [-0.2, 0) is 5.54 Å². The van der Waals surface area contributed by atoms with Crippen LogP contribution in [0.4, 0.5) is 5.82 Å². The molecule has 2 N–H and O–H groups in total. The van der Waals surface area contributed by atoms with Crippen LogP contribution in [0.5, 0.6) is 0 Å². The number of aromatic nitrogens is 2. The topological polar surface area (TPSA) is 64.2 Å². The summed E-state index contributed by atoms with van der Waals surface area (Å²) >= 11 is 0. The highest BCUT2D eigenvalue weighted by atomic mass is 16.1. The van der Waals surface area contributed by atoms with E-state index < -0.39 is 0 Å². The van der Waals surface area contributed by atoms with Crippen LogP contribution in [0.3, 0.4) is 0 Å².